The standard InChI is InChI=1S/C7H8N2/c1-3-4-5-9-7(2)6-8/h3-5H,2H2,1H3/b4-3-,9-5-. The predicted molar refractivity (Wildman–Crippen MR) is 38.1 cm³/mol. The third kappa shape index (κ3) is 4.49. The monoisotopic (exact) mass is 120 g/mol. The van der Waals surface area contributed by atoms with Crippen LogP contribution in [0, 0.1) is 11.3 Å². The predicted octanol–water partition coefficient (Wildman–Crippen LogP) is 1.67. The zero-order valence-corrected chi connectivity index (χ0v) is 5.33. The van der Waals surface area contributed by atoms with Crippen molar-refractivity contribution in [3.05, 3.63) is 24.4 Å². The van der Waals surface area contributed by atoms with Gasteiger partial charge in [0.15, 0.2) is 0 Å². The average Bonchev–Trinajstić information content (AvgIpc) is 1.89. The SMILES string of the molecule is C=C(C#N)/N=C\C=C/C. The van der Waals surface area contributed by atoms with E-state index in [1.807, 2.05) is 13.0 Å². The highest BCUT2D eigenvalue weighted by Crippen LogP contribution is 1.84. The minimum Gasteiger partial charge on any atom is -0.246 e. The Morgan fingerprint density at radius 1 is 1.78 bits per heavy atom. The lowest BCUT2D eigenvalue weighted by atomic mass is 10.5. The molecule has 0 N–H and O–H groups in total. The molecule has 9 heavy (non-hydrogen) atoms. The van der Waals surface area contributed by atoms with E-state index < -0.39 is 0 Å². The van der Waals surface area contributed by atoms with Crippen LogP contribution in [0.25, 0.3) is 0 Å². The summed E-state index contributed by atoms with van der Waals surface area (Å²) in [6, 6.07) is 1.80. The molecule has 0 aliphatic carbocycles. The molecule has 0 saturated heterocycles. The molecule has 0 amide bonds. The van der Waals surface area contributed by atoms with Gasteiger partial charge in [0.2, 0.25) is 0 Å². The third-order valence-electron chi connectivity index (χ3n) is 0.638. The Kier molecular flexibility index (Phi) is 4.07. The Labute approximate surface area is 54.8 Å². The lowest BCUT2D eigenvalue weighted by Crippen LogP contribution is -1.67. The second kappa shape index (κ2) is 4.79. The van der Waals surface area contributed by atoms with Crippen LogP contribution in [0.2, 0.25) is 0 Å². The highest BCUT2D eigenvalue weighted by molar-refractivity contribution is 5.72. The van der Waals surface area contributed by atoms with Crippen LogP contribution in [0.15, 0.2) is 29.4 Å². The number of allylic oxidation sites excluding steroid dienone is 3. The van der Waals surface area contributed by atoms with Gasteiger partial charge >= 0.3 is 0 Å². The quantitative estimate of drug-likeness (QED) is 0.403. The van der Waals surface area contributed by atoms with Crippen LogP contribution in [0.4, 0.5) is 0 Å². The van der Waals surface area contributed by atoms with E-state index >= 15 is 0 Å². The lowest BCUT2D eigenvalue weighted by molar-refractivity contribution is 1.41. The summed E-state index contributed by atoms with van der Waals surface area (Å²) in [5.41, 5.74) is 0.230. The zero-order chi connectivity index (χ0) is 7.11. The highest BCUT2D eigenvalue weighted by Gasteiger charge is 1.76. The molecule has 0 aliphatic heterocycles. The largest absolute Gasteiger partial charge is 0.246 e. The molecule has 2 nitrogen and oxygen atoms in total. The number of nitriles is 1. The molecule has 0 atom stereocenters. The molecule has 0 spiro atoms. The van der Waals surface area contributed by atoms with Gasteiger partial charge in [0.05, 0.1) is 0 Å². The Bertz CT molecular complexity index is 182. The van der Waals surface area contributed by atoms with E-state index in [4.69, 9.17) is 5.26 Å². The van der Waals surface area contributed by atoms with E-state index in [2.05, 4.69) is 11.6 Å². The molecule has 0 rings (SSSR count). The average molecular weight is 120 g/mol. The van der Waals surface area contributed by atoms with Crippen molar-refractivity contribution in [2.75, 3.05) is 0 Å². The molecule has 0 bridgehead atoms. The van der Waals surface area contributed by atoms with Crippen molar-refractivity contribution in [2.45, 2.75) is 6.92 Å². The Balaban J connectivity index is 3.75. The van der Waals surface area contributed by atoms with Crippen molar-refractivity contribution < 1.29 is 0 Å². The normalized spacial score (nSPS) is 10.2. The summed E-state index contributed by atoms with van der Waals surface area (Å²) in [5.74, 6) is 0. The van der Waals surface area contributed by atoms with Crippen LogP contribution >= 0.6 is 0 Å². The van der Waals surface area contributed by atoms with Gasteiger partial charge < -0.3 is 0 Å². The summed E-state index contributed by atoms with van der Waals surface area (Å²) in [6.45, 7) is 5.23. The first kappa shape index (κ1) is 7.64. The van der Waals surface area contributed by atoms with Crippen molar-refractivity contribution in [2.24, 2.45) is 4.99 Å². The second-order valence-electron chi connectivity index (χ2n) is 1.36. The zero-order valence-electron chi connectivity index (χ0n) is 5.33. The van der Waals surface area contributed by atoms with Gasteiger partial charge in [-0.3, -0.25) is 0 Å². The summed E-state index contributed by atoms with van der Waals surface area (Å²) in [6.07, 6.45) is 5.10. The summed E-state index contributed by atoms with van der Waals surface area (Å²) < 4.78 is 0. The number of hydrogen-bond donors (Lipinski definition) is 0. The molecule has 0 aromatic carbocycles. The summed E-state index contributed by atoms with van der Waals surface area (Å²) in [5, 5.41) is 8.15. The van der Waals surface area contributed by atoms with Gasteiger partial charge in [0.25, 0.3) is 0 Å². The number of rotatable bonds is 2. The maximum atomic E-state index is 8.15. The van der Waals surface area contributed by atoms with Gasteiger partial charge in [-0.15, -0.1) is 0 Å². The minimum absolute atomic E-state index is 0.230. The van der Waals surface area contributed by atoms with Gasteiger partial charge in [-0.25, -0.2) is 4.99 Å². The van der Waals surface area contributed by atoms with Crippen molar-refractivity contribution in [1.82, 2.24) is 0 Å². The van der Waals surface area contributed by atoms with Crippen LogP contribution in [0.3, 0.4) is 0 Å². The van der Waals surface area contributed by atoms with Gasteiger partial charge in [-0.1, -0.05) is 12.7 Å². The maximum Gasteiger partial charge on any atom is 0.133 e. The van der Waals surface area contributed by atoms with Gasteiger partial charge in [-0.2, -0.15) is 5.26 Å². The highest BCUT2D eigenvalue weighted by atomic mass is 14.7. The molecular weight excluding hydrogens is 112 g/mol. The Morgan fingerprint density at radius 2 is 2.44 bits per heavy atom. The smallest absolute Gasteiger partial charge is 0.133 e. The first-order chi connectivity index (χ1) is 4.31. The van der Waals surface area contributed by atoms with Gasteiger partial charge in [0.1, 0.15) is 11.8 Å². The number of aliphatic imine (C=N–C) groups is 1. The summed E-state index contributed by atoms with van der Waals surface area (Å²) in [7, 11) is 0. The summed E-state index contributed by atoms with van der Waals surface area (Å²) >= 11 is 0. The topological polar surface area (TPSA) is 36.1 Å². The molecule has 0 unspecified atom stereocenters. The Hall–Kier alpha value is -1.36. The molecule has 46 valence electrons. The Morgan fingerprint density at radius 3 is 2.89 bits per heavy atom. The van der Waals surface area contributed by atoms with Crippen molar-refractivity contribution in [3.8, 4) is 6.07 Å². The fourth-order valence-corrected chi connectivity index (χ4v) is 0.248. The fourth-order valence-electron chi connectivity index (χ4n) is 0.248. The molecule has 0 fully saturated rings. The lowest BCUT2D eigenvalue weighted by Gasteiger charge is -1.76. The first-order valence-corrected chi connectivity index (χ1v) is 2.55. The second-order valence-corrected chi connectivity index (χ2v) is 1.36. The molecule has 0 aliphatic rings. The van der Waals surface area contributed by atoms with E-state index in [9.17, 15) is 0 Å². The molecule has 0 saturated carbocycles. The molecule has 0 radical (unpaired) electrons. The molecule has 0 aromatic heterocycles. The van der Waals surface area contributed by atoms with E-state index in [1.165, 1.54) is 6.21 Å². The van der Waals surface area contributed by atoms with Gasteiger partial charge in [0, 0.05) is 6.21 Å². The summed E-state index contributed by atoms with van der Waals surface area (Å²) in [4.78, 5) is 3.66. The van der Waals surface area contributed by atoms with E-state index in [1.54, 1.807) is 12.1 Å². The third-order valence-corrected chi connectivity index (χ3v) is 0.638. The number of nitrogens with zero attached hydrogens (tertiary/aromatic N) is 2. The van der Waals surface area contributed by atoms with Crippen molar-refractivity contribution >= 4 is 6.21 Å². The van der Waals surface area contributed by atoms with Crippen LogP contribution in [0.5, 0.6) is 0 Å². The van der Waals surface area contributed by atoms with Crippen LogP contribution in [-0.2, 0) is 0 Å². The van der Waals surface area contributed by atoms with Crippen molar-refractivity contribution in [1.29, 1.82) is 5.26 Å². The van der Waals surface area contributed by atoms with Crippen molar-refractivity contribution in [3.63, 3.8) is 0 Å². The van der Waals surface area contributed by atoms with Crippen LogP contribution in [-0.4, -0.2) is 6.21 Å². The van der Waals surface area contributed by atoms with E-state index in [0.717, 1.165) is 0 Å². The molecular formula is C7H8N2. The molecule has 0 aromatic rings. The first-order valence-electron chi connectivity index (χ1n) is 2.55. The molecule has 2 heteroatoms. The fraction of sp³-hybridized carbons (Fsp3) is 0.143. The van der Waals surface area contributed by atoms with Crippen LogP contribution in [0.1, 0.15) is 6.92 Å². The van der Waals surface area contributed by atoms with E-state index in [0.29, 0.717) is 0 Å². The van der Waals surface area contributed by atoms with Crippen LogP contribution < -0.4 is 0 Å². The molecule has 0 heterocycles. The maximum absolute atomic E-state index is 8.15. The van der Waals surface area contributed by atoms with E-state index in [-0.39, 0.29) is 5.70 Å². The number of hydrogen-bond acceptors (Lipinski definition) is 2. The minimum atomic E-state index is 0.230. The van der Waals surface area contributed by atoms with Gasteiger partial charge in [-0.05, 0) is 13.0 Å².